The molecule has 0 aliphatic heterocycles. The lowest BCUT2D eigenvalue weighted by molar-refractivity contribution is -0.130. The molecule has 2 heterocycles. The predicted molar refractivity (Wildman–Crippen MR) is 121 cm³/mol. The summed E-state index contributed by atoms with van der Waals surface area (Å²) in [5.41, 5.74) is 3.14. The lowest BCUT2D eigenvalue weighted by Crippen LogP contribution is -2.33. The zero-order chi connectivity index (χ0) is 21.9. The van der Waals surface area contributed by atoms with E-state index in [1.807, 2.05) is 54.6 Å². The molecular formula is C26H21N3O3. The van der Waals surface area contributed by atoms with Crippen molar-refractivity contribution in [2.45, 2.75) is 25.0 Å². The predicted octanol–water partition coefficient (Wildman–Crippen LogP) is 4.47. The van der Waals surface area contributed by atoms with E-state index in [0.29, 0.717) is 27.7 Å². The lowest BCUT2D eigenvalue weighted by atomic mass is 10.0. The average molecular weight is 423 g/mol. The molecule has 32 heavy (non-hydrogen) atoms. The van der Waals surface area contributed by atoms with Gasteiger partial charge in [0.2, 0.25) is 6.10 Å². The molecule has 4 aromatic rings. The molecule has 0 radical (unpaired) electrons. The van der Waals surface area contributed by atoms with Crippen LogP contribution in [0.3, 0.4) is 0 Å². The highest BCUT2D eigenvalue weighted by molar-refractivity contribution is 6.05. The molecule has 1 unspecified atom stereocenters. The second-order valence-electron chi connectivity index (χ2n) is 7.79. The van der Waals surface area contributed by atoms with E-state index in [4.69, 9.17) is 9.72 Å². The molecule has 2 aromatic carbocycles. The number of nitrogens with zero attached hydrogens (tertiary/aromatic N) is 2. The summed E-state index contributed by atoms with van der Waals surface area (Å²) in [5.74, 6) is -0.876. The number of para-hydroxylation sites is 1. The summed E-state index contributed by atoms with van der Waals surface area (Å²) in [4.78, 5) is 35.0. The minimum absolute atomic E-state index is 0.160. The van der Waals surface area contributed by atoms with Crippen molar-refractivity contribution >= 4 is 22.8 Å². The zero-order valence-corrected chi connectivity index (χ0v) is 17.3. The van der Waals surface area contributed by atoms with Gasteiger partial charge < -0.3 is 10.1 Å². The number of rotatable bonds is 6. The first-order valence-electron chi connectivity index (χ1n) is 10.6. The Kier molecular flexibility index (Phi) is 5.34. The molecule has 1 aliphatic rings. The number of benzene rings is 2. The van der Waals surface area contributed by atoms with Crippen molar-refractivity contribution in [1.29, 1.82) is 0 Å². The van der Waals surface area contributed by atoms with Crippen molar-refractivity contribution in [3.63, 3.8) is 0 Å². The molecule has 158 valence electrons. The maximum Gasteiger partial charge on any atom is 0.340 e. The fourth-order valence-electron chi connectivity index (χ4n) is 3.59. The number of hydrogen-bond donors (Lipinski definition) is 1. The highest BCUT2D eigenvalue weighted by Gasteiger charge is 2.31. The SMILES string of the molecule is O=C(OC(C(=O)NC1CC1)c1ccccc1)c1cc(-c2ccncc2)nc2ccccc12. The van der Waals surface area contributed by atoms with Gasteiger partial charge in [0.05, 0.1) is 16.8 Å². The maximum absolute atomic E-state index is 13.4. The molecule has 1 aliphatic carbocycles. The van der Waals surface area contributed by atoms with Crippen LogP contribution in [0, 0.1) is 0 Å². The third-order valence-electron chi connectivity index (χ3n) is 5.40. The normalized spacial score (nSPS) is 14.0. The van der Waals surface area contributed by atoms with Gasteiger partial charge in [0.15, 0.2) is 0 Å². The van der Waals surface area contributed by atoms with Gasteiger partial charge in [-0.25, -0.2) is 9.78 Å². The van der Waals surface area contributed by atoms with Crippen LogP contribution in [0.2, 0.25) is 0 Å². The van der Waals surface area contributed by atoms with Gasteiger partial charge in [-0.2, -0.15) is 0 Å². The monoisotopic (exact) mass is 423 g/mol. The Hall–Kier alpha value is -4.06. The van der Waals surface area contributed by atoms with Gasteiger partial charge >= 0.3 is 5.97 Å². The molecule has 6 nitrogen and oxygen atoms in total. The Bertz CT molecular complexity index is 1270. The number of carbonyl (C=O) groups excluding carboxylic acids is 2. The largest absolute Gasteiger partial charge is 0.444 e. The fourth-order valence-corrected chi connectivity index (χ4v) is 3.59. The molecule has 1 fully saturated rings. The first kappa shape index (κ1) is 19.9. The molecule has 0 bridgehead atoms. The van der Waals surface area contributed by atoms with E-state index >= 15 is 0 Å². The van der Waals surface area contributed by atoms with Crippen LogP contribution in [-0.2, 0) is 9.53 Å². The molecule has 1 amide bonds. The first-order valence-corrected chi connectivity index (χ1v) is 10.6. The number of hydrogen-bond acceptors (Lipinski definition) is 5. The zero-order valence-electron chi connectivity index (χ0n) is 17.3. The van der Waals surface area contributed by atoms with Crippen LogP contribution in [0.1, 0.15) is 34.9 Å². The number of esters is 1. The molecule has 5 rings (SSSR count). The molecule has 0 spiro atoms. The van der Waals surface area contributed by atoms with Crippen molar-refractivity contribution in [1.82, 2.24) is 15.3 Å². The summed E-state index contributed by atoms with van der Waals surface area (Å²) < 4.78 is 5.82. The Morgan fingerprint density at radius 1 is 0.938 bits per heavy atom. The molecule has 1 saturated carbocycles. The van der Waals surface area contributed by atoms with Gasteiger partial charge in [0, 0.05) is 34.9 Å². The van der Waals surface area contributed by atoms with E-state index in [0.717, 1.165) is 18.4 Å². The smallest absolute Gasteiger partial charge is 0.340 e. The van der Waals surface area contributed by atoms with Crippen LogP contribution < -0.4 is 5.32 Å². The quantitative estimate of drug-likeness (QED) is 0.463. The van der Waals surface area contributed by atoms with E-state index in [1.54, 1.807) is 30.6 Å². The first-order chi connectivity index (χ1) is 15.7. The second kappa shape index (κ2) is 8.59. The van der Waals surface area contributed by atoms with Crippen LogP contribution in [0.4, 0.5) is 0 Å². The molecule has 1 atom stereocenters. The van der Waals surface area contributed by atoms with Gasteiger partial charge in [-0.15, -0.1) is 0 Å². The summed E-state index contributed by atoms with van der Waals surface area (Å²) in [5, 5.41) is 3.62. The number of pyridine rings is 2. The summed E-state index contributed by atoms with van der Waals surface area (Å²) in [6.45, 7) is 0. The van der Waals surface area contributed by atoms with Crippen LogP contribution in [0.25, 0.3) is 22.2 Å². The third-order valence-corrected chi connectivity index (χ3v) is 5.40. The van der Waals surface area contributed by atoms with Gasteiger partial charge in [0.1, 0.15) is 0 Å². The Balaban J connectivity index is 1.53. The molecule has 0 saturated heterocycles. The molecule has 2 aromatic heterocycles. The number of ether oxygens (including phenoxy) is 1. The average Bonchev–Trinajstić information content (AvgIpc) is 3.66. The van der Waals surface area contributed by atoms with E-state index in [1.165, 1.54) is 0 Å². The molecule has 1 N–H and O–H groups in total. The third kappa shape index (κ3) is 4.21. The standard InChI is InChI=1S/C26H21N3O3/c30-25(28-19-10-11-19)24(18-6-2-1-3-7-18)32-26(31)21-16-23(17-12-14-27-15-13-17)29-22-9-5-4-8-20(21)22/h1-9,12-16,19,24H,10-11H2,(H,28,30). The van der Waals surface area contributed by atoms with Crippen LogP contribution in [0.5, 0.6) is 0 Å². The number of aromatic nitrogens is 2. The highest BCUT2D eigenvalue weighted by Crippen LogP contribution is 2.28. The van der Waals surface area contributed by atoms with Crippen LogP contribution in [-0.4, -0.2) is 27.9 Å². The second-order valence-corrected chi connectivity index (χ2v) is 7.79. The number of fused-ring (bicyclic) bond motifs is 1. The van der Waals surface area contributed by atoms with Gasteiger partial charge in [0.25, 0.3) is 5.91 Å². The van der Waals surface area contributed by atoms with Crippen molar-refractivity contribution in [3.8, 4) is 11.3 Å². The van der Waals surface area contributed by atoms with Crippen molar-refractivity contribution in [2.24, 2.45) is 0 Å². The lowest BCUT2D eigenvalue weighted by Gasteiger charge is -2.19. The Labute approximate surface area is 185 Å². The molecular weight excluding hydrogens is 402 g/mol. The van der Waals surface area contributed by atoms with Crippen molar-refractivity contribution < 1.29 is 14.3 Å². The summed E-state index contributed by atoms with van der Waals surface area (Å²) in [6.07, 6.45) is 4.23. The number of carbonyl (C=O) groups is 2. The van der Waals surface area contributed by atoms with Crippen LogP contribution >= 0.6 is 0 Å². The van der Waals surface area contributed by atoms with Crippen molar-refractivity contribution in [3.05, 3.63) is 96.3 Å². The van der Waals surface area contributed by atoms with Crippen molar-refractivity contribution in [2.75, 3.05) is 0 Å². The van der Waals surface area contributed by atoms with E-state index in [-0.39, 0.29) is 11.9 Å². The van der Waals surface area contributed by atoms with E-state index in [2.05, 4.69) is 10.3 Å². The fraction of sp³-hybridized carbons (Fsp3) is 0.154. The number of nitrogens with one attached hydrogen (secondary N) is 1. The van der Waals surface area contributed by atoms with E-state index in [9.17, 15) is 9.59 Å². The van der Waals surface area contributed by atoms with Gasteiger partial charge in [-0.05, 0) is 37.1 Å². The summed E-state index contributed by atoms with van der Waals surface area (Å²) in [6, 6.07) is 22.0. The number of amides is 1. The van der Waals surface area contributed by atoms with E-state index < -0.39 is 12.1 Å². The minimum Gasteiger partial charge on any atom is -0.444 e. The Morgan fingerprint density at radius 2 is 1.66 bits per heavy atom. The molecule has 6 heteroatoms. The Morgan fingerprint density at radius 3 is 2.41 bits per heavy atom. The van der Waals surface area contributed by atoms with Gasteiger partial charge in [-0.1, -0.05) is 48.5 Å². The van der Waals surface area contributed by atoms with Gasteiger partial charge in [-0.3, -0.25) is 9.78 Å². The topological polar surface area (TPSA) is 81.2 Å². The minimum atomic E-state index is -1.03. The summed E-state index contributed by atoms with van der Waals surface area (Å²) >= 11 is 0. The van der Waals surface area contributed by atoms with Crippen LogP contribution in [0.15, 0.2) is 85.2 Å². The summed E-state index contributed by atoms with van der Waals surface area (Å²) in [7, 11) is 0. The maximum atomic E-state index is 13.4. The highest BCUT2D eigenvalue weighted by atomic mass is 16.5.